The summed E-state index contributed by atoms with van der Waals surface area (Å²) >= 11 is 0. The molecule has 1 aliphatic rings. The van der Waals surface area contributed by atoms with Crippen LogP contribution in [0.4, 0.5) is 11.7 Å². The van der Waals surface area contributed by atoms with Crippen LogP contribution >= 0.6 is 0 Å². The Bertz CT molecular complexity index is 641. The molecule has 1 aliphatic carbocycles. The third-order valence-corrected chi connectivity index (χ3v) is 4.36. The molecule has 0 atom stereocenters. The van der Waals surface area contributed by atoms with Crippen LogP contribution in [0.2, 0.25) is 0 Å². The van der Waals surface area contributed by atoms with Crippen LogP contribution in [0.3, 0.4) is 0 Å². The molecule has 0 saturated heterocycles. The smallest absolute Gasteiger partial charge is 0.295 e. The fraction of sp³-hybridized carbons (Fsp3) is 0.500. The normalized spacial score (nSPS) is 16.9. The number of nitrogens with one attached hydrogen (secondary N) is 1. The van der Waals surface area contributed by atoms with E-state index in [4.69, 9.17) is 4.42 Å². The van der Waals surface area contributed by atoms with Crippen LogP contribution in [0.1, 0.15) is 32.6 Å². The number of non-ortho nitro benzene ring substituents is 1. The molecule has 20 heavy (non-hydrogen) atoms. The van der Waals surface area contributed by atoms with Gasteiger partial charge in [-0.05, 0) is 30.7 Å². The van der Waals surface area contributed by atoms with Crippen molar-refractivity contribution in [2.75, 3.05) is 11.9 Å². The Morgan fingerprint density at radius 1 is 1.50 bits per heavy atom. The summed E-state index contributed by atoms with van der Waals surface area (Å²) < 4.78 is 5.57. The van der Waals surface area contributed by atoms with Gasteiger partial charge in [0.15, 0.2) is 5.58 Å². The van der Waals surface area contributed by atoms with Crippen LogP contribution in [-0.2, 0) is 0 Å². The standard InChI is InChI=1S/C14H17N3O3/c1-2-14(6-3-7-14)9-15-13-16-11-8-10(17(18)19)4-5-12(11)20-13/h4-5,8H,2-3,6-7,9H2,1H3,(H,15,16). The van der Waals surface area contributed by atoms with Gasteiger partial charge in [0.05, 0.1) is 4.92 Å². The van der Waals surface area contributed by atoms with Gasteiger partial charge in [0.2, 0.25) is 0 Å². The first kappa shape index (κ1) is 12.9. The fourth-order valence-electron chi connectivity index (χ4n) is 2.70. The lowest BCUT2D eigenvalue weighted by Crippen LogP contribution is -2.35. The third-order valence-electron chi connectivity index (χ3n) is 4.36. The maximum absolute atomic E-state index is 10.7. The molecule has 1 aromatic carbocycles. The van der Waals surface area contributed by atoms with Crippen molar-refractivity contribution in [3.05, 3.63) is 28.3 Å². The summed E-state index contributed by atoms with van der Waals surface area (Å²) in [6.45, 7) is 3.05. The number of benzene rings is 1. The summed E-state index contributed by atoms with van der Waals surface area (Å²) in [5.74, 6) is 0. The van der Waals surface area contributed by atoms with Gasteiger partial charge in [0, 0.05) is 18.7 Å². The van der Waals surface area contributed by atoms with Gasteiger partial charge in [-0.2, -0.15) is 4.98 Å². The predicted molar refractivity (Wildman–Crippen MR) is 75.7 cm³/mol. The lowest BCUT2D eigenvalue weighted by Gasteiger charge is -2.41. The molecular formula is C14H17N3O3. The SMILES string of the molecule is CCC1(CNc2nc3cc([N+](=O)[O-])ccc3o2)CCC1. The van der Waals surface area contributed by atoms with Gasteiger partial charge in [-0.25, -0.2) is 0 Å². The number of oxazole rings is 1. The minimum Gasteiger partial charge on any atom is -0.424 e. The first-order chi connectivity index (χ1) is 9.62. The molecule has 0 spiro atoms. The highest BCUT2D eigenvalue weighted by molar-refractivity contribution is 5.77. The van der Waals surface area contributed by atoms with Crippen LogP contribution in [0, 0.1) is 15.5 Å². The third kappa shape index (κ3) is 2.21. The van der Waals surface area contributed by atoms with E-state index < -0.39 is 4.92 Å². The van der Waals surface area contributed by atoms with Crippen molar-refractivity contribution in [1.82, 2.24) is 4.98 Å². The Labute approximate surface area is 116 Å². The van der Waals surface area contributed by atoms with E-state index >= 15 is 0 Å². The van der Waals surface area contributed by atoms with E-state index in [2.05, 4.69) is 17.2 Å². The minimum absolute atomic E-state index is 0.0290. The summed E-state index contributed by atoms with van der Waals surface area (Å²) in [7, 11) is 0. The number of hydrogen-bond donors (Lipinski definition) is 1. The van der Waals surface area contributed by atoms with E-state index in [0.717, 1.165) is 13.0 Å². The number of nitro benzene ring substituents is 1. The molecule has 0 unspecified atom stereocenters. The van der Waals surface area contributed by atoms with E-state index in [-0.39, 0.29) is 5.69 Å². The number of anilines is 1. The molecular weight excluding hydrogens is 258 g/mol. The second-order valence-electron chi connectivity index (χ2n) is 5.49. The fourth-order valence-corrected chi connectivity index (χ4v) is 2.70. The summed E-state index contributed by atoms with van der Waals surface area (Å²) in [5.41, 5.74) is 1.48. The number of hydrogen-bond acceptors (Lipinski definition) is 5. The molecule has 1 N–H and O–H groups in total. The van der Waals surface area contributed by atoms with Crippen LogP contribution in [-0.4, -0.2) is 16.5 Å². The molecule has 1 fully saturated rings. The zero-order valence-electron chi connectivity index (χ0n) is 11.4. The van der Waals surface area contributed by atoms with Gasteiger partial charge in [-0.15, -0.1) is 0 Å². The van der Waals surface area contributed by atoms with Gasteiger partial charge in [-0.3, -0.25) is 10.1 Å². The zero-order valence-corrected chi connectivity index (χ0v) is 11.4. The highest BCUT2D eigenvalue weighted by Gasteiger charge is 2.35. The van der Waals surface area contributed by atoms with Gasteiger partial charge < -0.3 is 9.73 Å². The molecule has 2 aromatic rings. The molecule has 0 amide bonds. The molecule has 106 valence electrons. The molecule has 0 bridgehead atoms. The van der Waals surface area contributed by atoms with Crippen molar-refractivity contribution >= 4 is 22.8 Å². The Kier molecular flexibility index (Phi) is 3.08. The van der Waals surface area contributed by atoms with E-state index in [9.17, 15) is 10.1 Å². The zero-order chi connectivity index (χ0) is 14.2. The lowest BCUT2D eigenvalue weighted by atomic mass is 9.67. The largest absolute Gasteiger partial charge is 0.424 e. The molecule has 1 heterocycles. The molecule has 6 nitrogen and oxygen atoms in total. The van der Waals surface area contributed by atoms with Crippen molar-refractivity contribution in [3.8, 4) is 0 Å². The summed E-state index contributed by atoms with van der Waals surface area (Å²) in [6.07, 6.45) is 4.91. The number of nitrogens with zero attached hydrogens (tertiary/aromatic N) is 2. The van der Waals surface area contributed by atoms with E-state index in [0.29, 0.717) is 22.5 Å². The number of aromatic nitrogens is 1. The van der Waals surface area contributed by atoms with Crippen LogP contribution in [0.15, 0.2) is 22.6 Å². The summed E-state index contributed by atoms with van der Waals surface area (Å²) in [6, 6.07) is 4.89. The molecule has 0 aliphatic heterocycles. The quantitative estimate of drug-likeness (QED) is 0.664. The van der Waals surface area contributed by atoms with Crippen molar-refractivity contribution in [2.24, 2.45) is 5.41 Å². The van der Waals surface area contributed by atoms with E-state index in [1.54, 1.807) is 6.07 Å². The second kappa shape index (κ2) is 4.77. The first-order valence-corrected chi connectivity index (χ1v) is 6.91. The van der Waals surface area contributed by atoms with Crippen LogP contribution in [0.25, 0.3) is 11.1 Å². The highest BCUT2D eigenvalue weighted by Crippen LogP contribution is 2.43. The molecule has 3 rings (SSSR count). The molecule has 1 aromatic heterocycles. The monoisotopic (exact) mass is 275 g/mol. The van der Waals surface area contributed by atoms with Crippen LogP contribution in [0.5, 0.6) is 0 Å². The average Bonchev–Trinajstić information content (AvgIpc) is 2.79. The first-order valence-electron chi connectivity index (χ1n) is 6.91. The molecule has 6 heteroatoms. The minimum atomic E-state index is -0.429. The summed E-state index contributed by atoms with van der Waals surface area (Å²) in [4.78, 5) is 14.6. The number of fused-ring (bicyclic) bond motifs is 1. The van der Waals surface area contributed by atoms with E-state index in [1.807, 2.05) is 0 Å². The van der Waals surface area contributed by atoms with Gasteiger partial charge in [0.1, 0.15) is 5.52 Å². The van der Waals surface area contributed by atoms with Gasteiger partial charge >= 0.3 is 0 Å². The summed E-state index contributed by atoms with van der Waals surface area (Å²) in [5, 5.41) is 14.0. The lowest BCUT2D eigenvalue weighted by molar-refractivity contribution is -0.384. The predicted octanol–water partition coefficient (Wildman–Crippen LogP) is 3.73. The van der Waals surface area contributed by atoms with Gasteiger partial charge in [-0.1, -0.05) is 13.3 Å². The van der Waals surface area contributed by atoms with E-state index in [1.165, 1.54) is 31.4 Å². The van der Waals surface area contributed by atoms with Crippen molar-refractivity contribution < 1.29 is 9.34 Å². The molecule has 0 radical (unpaired) electrons. The number of nitro groups is 1. The molecule has 1 saturated carbocycles. The van der Waals surface area contributed by atoms with Gasteiger partial charge in [0.25, 0.3) is 11.7 Å². The van der Waals surface area contributed by atoms with Crippen molar-refractivity contribution in [1.29, 1.82) is 0 Å². The Morgan fingerprint density at radius 3 is 2.90 bits per heavy atom. The highest BCUT2D eigenvalue weighted by atomic mass is 16.6. The van der Waals surface area contributed by atoms with Crippen LogP contribution < -0.4 is 5.32 Å². The van der Waals surface area contributed by atoms with Crippen molar-refractivity contribution in [3.63, 3.8) is 0 Å². The maximum Gasteiger partial charge on any atom is 0.295 e. The second-order valence-corrected chi connectivity index (χ2v) is 5.49. The maximum atomic E-state index is 10.7. The Balaban J connectivity index is 1.77. The average molecular weight is 275 g/mol. The Morgan fingerprint density at radius 2 is 2.30 bits per heavy atom. The van der Waals surface area contributed by atoms with Crippen molar-refractivity contribution in [2.45, 2.75) is 32.6 Å². The Hall–Kier alpha value is -2.11. The number of rotatable bonds is 5. The topological polar surface area (TPSA) is 81.2 Å².